The van der Waals surface area contributed by atoms with Crippen LogP contribution in [-0.4, -0.2) is 17.2 Å². The molecule has 0 aliphatic rings. The number of nitrogens with two attached hydrogens (primary N) is 1. The van der Waals surface area contributed by atoms with Crippen LogP contribution in [0.5, 0.6) is 0 Å². The first-order chi connectivity index (χ1) is 7.13. The highest BCUT2D eigenvalue weighted by molar-refractivity contribution is 7.99. The zero-order valence-corrected chi connectivity index (χ0v) is 9.37. The Balaban J connectivity index is 2.53. The molecule has 0 spiro atoms. The van der Waals surface area contributed by atoms with Crippen LogP contribution in [0.15, 0.2) is 29.2 Å². The lowest BCUT2D eigenvalue weighted by molar-refractivity contribution is -0.384. The summed E-state index contributed by atoms with van der Waals surface area (Å²) >= 11 is 1.67. The second-order valence-corrected chi connectivity index (χ2v) is 4.50. The zero-order chi connectivity index (χ0) is 11.3. The van der Waals surface area contributed by atoms with Gasteiger partial charge in [-0.15, -0.1) is 11.8 Å². The summed E-state index contributed by atoms with van der Waals surface area (Å²) in [4.78, 5) is 11.1. The minimum atomic E-state index is -0.392. The van der Waals surface area contributed by atoms with Gasteiger partial charge in [-0.25, -0.2) is 0 Å². The maximum Gasteiger partial charge on any atom is 0.269 e. The molecule has 1 aromatic carbocycles. The first-order valence-electron chi connectivity index (χ1n) is 4.71. The Morgan fingerprint density at radius 2 is 2.07 bits per heavy atom. The van der Waals surface area contributed by atoms with Gasteiger partial charge < -0.3 is 5.73 Å². The second kappa shape index (κ2) is 5.72. The average molecular weight is 226 g/mol. The van der Waals surface area contributed by atoms with E-state index < -0.39 is 4.92 Å². The molecule has 82 valence electrons. The first kappa shape index (κ1) is 12.0. The predicted octanol–water partition coefficient (Wildman–Crippen LogP) is 2.28. The first-order valence-corrected chi connectivity index (χ1v) is 5.69. The molecule has 0 radical (unpaired) electrons. The Hall–Kier alpha value is -1.07. The monoisotopic (exact) mass is 226 g/mol. The highest BCUT2D eigenvalue weighted by atomic mass is 32.2. The Bertz CT molecular complexity index is 327. The molecule has 4 nitrogen and oxygen atoms in total. The van der Waals surface area contributed by atoms with Gasteiger partial charge in [0.05, 0.1) is 4.92 Å². The molecule has 5 heteroatoms. The van der Waals surface area contributed by atoms with Crippen molar-refractivity contribution in [3.63, 3.8) is 0 Å². The van der Waals surface area contributed by atoms with Crippen LogP contribution >= 0.6 is 11.8 Å². The van der Waals surface area contributed by atoms with Crippen molar-refractivity contribution < 1.29 is 4.92 Å². The third kappa shape index (κ3) is 3.89. The minimum absolute atomic E-state index is 0.131. The van der Waals surface area contributed by atoms with Gasteiger partial charge in [0.15, 0.2) is 0 Å². The SMILES string of the molecule is CC(CN)CSc1ccc([N+](=O)[O-])cc1. The summed E-state index contributed by atoms with van der Waals surface area (Å²) < 4.78 is 0. The van der Waals surface area contributed by atoms with Crippen LogP contribution in [0.1, 0.15) is 6.92 Å². The summed E-state index contributed by atoms with van der Waals surface area (Å²) in [6.45, 7) is 2.75. The summed E-state index contributed by atoms with van der Waals surface area (Å²) in [5.74, 6) is 1.40. The number of rotatable bonds is 5. The van der Waals surface area contributed by atoms with Crippen LogP contribution in [0.2, 0.25) is 0 Å². The van der Waals surface area contributed by atoms with E-state index in [0.29, 0.717) is 12.5 Å². The smallest absolute Gasteiger partial charge is 0.269 e. The van der Waals surface area contributed by atoms with E-state index in [9.17, 15) is 10.1 Å². The quantitative estimate of drug-likeness (QED) is 0.475. The molecule has 0 aromatic heterocycles. The highest BCUT2D eigenvalue weighted by Gasteiger charge is 2.05. The molecule has 1 aromatic rings. The fourth-order valence-electron chi connectivity index (χ4n) is 0.971. The van der Waals surface area contributed by atoms with Crippen LogP contribution in [0, 0.1) is 16.0 Å². The van der Waals surface area contributed by atoms with Crippen LogP contribution < -0.4 is 5.73 Å². The molecule has 0 amide bonds. The molecule has 0 bridgehead atoms. The van der Waals surface area contributed by atoms with E-state index in [4.69, 9.17) is 5.73 Å². The van der Waals surface area contributed by atoms with E-state index >= 15 is 0 Å². The van der Waals surface area contributed by atoms with E-state index in [1.54, 1.807) is 23.9 Å². The minimum Gasteiger partial charge on any atom is -0.330 e. The van der Waals surface area contributed by atoms with E-state index in [0.717, 1.165) is 10.6 Å². The van der Waals surface area contributed by atoms with Crippen LogP contribution in [-0.2, 0) is 0 Å². The number of hydrogen-bond donors (Lipinski definition) is 1. The zero-order valence-electron chi connectivity index (χ0n) is 8.55. The van der Waals surface area contributed by atoms with Crippen molar-refractivity contribution >= 4 is 17.4 Å². The molecular formula is C10H14N2O2S. The molecule has 1 rings (SSSR count). The molecule has 0 saturated carbocycles. The fourth-order valence-corrected chi connectivity index (χ4v) is 1.91. The third-order valence-corrected chi connectivity index (χ3v) is 3.33. The summed E-state index contributed by atoms with van der Waals surface area (Å²) in [5.41, 5.74) is 5.63. The maximum atomic E-state index is 10.4. The van der Waals surface area contributed by atoms with Crippen LogP contribution in [0.25, 0.3) is 0 Å². The van der Waals surface area contributed by atoms with Crippen molar-refractivity contribution in [1.82, 2.24) is 0 Å². The number of nitro benzene ring substituents is 1. The third-order valence-electron chi connectivity index (χ3n) is 1.98. The van der Waals surface area contributed by atoms with Crippen molar-refractivity contribution in [2.75, 3.05) is 12.3 Å². The van der Waals surface area contributed by atoms with Crippen molar-refractivity contribution in [3.05, 3.63) is 34.4 Å². The molecule has 0 saturated heterocycles. The van der Waals surface area contributed by atoms with Gasteiger partial charge in [-0.05, 0) is 24.6 Å². The summed E-state index contributed by atoms with van der Waals surface area (Å²) in [6.07, 6.45) is 0. The largest absolute Gasteiger partial charge is 0.330 e. The molecule has 1 unspecified atom stereocenters. The molecule has 0 aliphatic heterocycles. The molecule has 15 heavy (non-hydrogen) atoms. The second-order valence-electron chi connectivity index (χ2n) is 3.40. The Morgan fingerprint density at radius 3 is 2.53 bits per heavy atom. The summed E-state index contributed by atoms with van der Waals surface area (Å²) in [7, 11) is 0. The van der Waals surface area contributed by atoms with E-state index in [2.05, 4.69) is 6.92 Å². The van der Waals surface area contributed by atoms with Crippen LogP contribution in [0.4, 0.5) is 5.69 Å². The highest BCUT2D eigenvalue weighted by Crippen LogP contribution is 2.22. The van der Waals surface area contributed by atoms with Gasteiger partial charge >= 0.3 is 0 Å². The standard InChI is InChI=1S/C10H14N2O2S/c1-8(6-11)7-15-10-4-2-9(3-5-10)12(13)14/h2-5,8H,6-7,11H2,1H3. The number of nitrogens with zero attached hydrogens (tertiary/aromatic N) is 1. The van der Waals surface area contributed by atoms with Crippen molar-refractivity contribution in [1.29, 1.82) is 0 Å². The predicted molar refractivity (Wildman–Crippen MR) is 62.0 cm³/mol. The van der Waals surface area contributed by atoms with Crippen LogP contribution in [0.3, 0.4) is 0 Å². The number of nitro groups is 1. The Kier molecular flexibility index (Phi) is 4.58. The van der Waals surface area contributed by atoms with Gasteiger partial charge in [-0.3, -0.25) is 10.1 Å². The van der Waals surface area contributed by atoms with Gasteiger partial charge in [-0.1, -0.05) is 6.92 Å². The molecule has 0 aliphatic carbocycles. The van der Waals surface area contributed by atoms with Crippen molar-refractivity contribution in [3.8, 4) is 0 Å². The van der Waals surface area contributed by atoms with E-state index in [-0.39, 0.29) is 5.69 Å². The molecule has 0 fully saturated rings. The lowest BCUT2D eigenvalue weighted by Crippen LogP contribution is -2.12. The lowest BCUT2D eigenvalue weighted by Gasteiger charge is -2.06. The summed E-state index contributed by atoms with van der Waals surface area (Å²) in [6, 6.07) is 6.59. The topological polar surface area (TPSA) is 69.2 Å². The fraction of sp³-hybridized carbons (Fsp3) is 0.400. The maximum absolute atomic E-state index is 10.4. The van der Waals surface area contributed by atoms with Gasteiger partial charge in [0.2, 0.25) is 0 Å². The van der Waals surface area contributed by atoms with Gasteiger partial charge in [0, 0.05) is 22.8 Å². The molecule has 0 heterocycles. The molecular weight excluding hydrogens is 212 g/mol. The lowest BCUT2D eigenvalue weighted by atomic mass is 10.2. The van der Waals surface area contributed by atoms with E-state index in [1.807, 2.05) is 0 Å². The number of thioether (sulfide) groups is 1. The summed E-state index contributed by atoms with van der Waals surface area (Å²) in [5, 5.41) is 10.4. The number of hydrogen-bond acceptors (Lipinski definition) is 4. The Labute approximate surface area is 93.0 Å². The molecule has 1 atom stereocenters. The van der Waals surface area contributed by atoms with Gasteiger partial charge in [0.1, 0.15) is 0 Å². The van der Waals surface area contributed by atoms with Gasteiger partial charge in [-0.2, -0.15) is 0 Å². The Morgan fingerprint density at radius 1 is 1.47 bits per heavy atom. The van der Waals surface area contributed by atoms with Gasteiger partial charge in [0.25, 0.3) is 5.69 Å². The van der Waals surface area contributed by atoms with E-state index in [1.165, 1.54) is 12.1 Å². The van der Waals surface area contributed by atoms with Crippen molar-refractivity contribution in [2.24, 2.45) is 11.7 Å². The average Bonchev–Trinajstić information content (AvgIpc) is 2.26. The van der Waals surface area contributed by atoms with Crippen molar-refractivity contribution in [2.45, 2.75) is 11.8 Å². The molecule has 2 N–H and O–H groups in total. The normalized spacial score (nSPS) is 12.4. The number of non-ortho nitro benzene ring substituents is 1. The number of benzene rings is 1.